The average molecular weight is 343 g/mol. The number of aliphatic carboxylic acids is 1. The van der Waals surface area contributed by atoms with Crippen molar-refractivity contribution in [3.8, 4) is 0 Å². The molecule has 0 spiro atoms. The first-order chi connectivity index (χ1) is 10.8. The van der Waals surface area contributed by atoms with E-state index in [2.05, 4.69) is 5.32 Å². The minimum atomic E-state index is -4.59. The Bertz CT molecular complexity index is 687. The molecule has 3 unspecified atom stereocenters. The minimum Gasteiger partial charge on any atom is -0.481 e. The van der Waals surface area contributed by atoms with Gasteiger partial charge in [-0.15, -0.1) is 11.8 Å². The lowest BCUT2D eigenvalue weighted by atomic mass is 9.86. The summed E-state index contributed by atoms with van der Waals surface area (Å²) in [6.45, 7) is -0.169. The fourth-order valence-electron chi connectivity index (χ4n) is 2.88. The van der Waals surface area contributed by atoms with Crippen molar-refractivity contribution in [3.05, 3.63) is 40.8 Å². The average Bonchev–Trinajstić information content (AvgIpc) is 2.88. The van der Waals surface area contributed by atoms with Crippen LogP contribution in [-0.2, 0) is 9.59 Å². The summed E-state index contributed by atoms with van der Waals surface area (Å²) in [5, 5.41) is 10.8. The number of carbonyl (C=O) groups is 2. The Balaban J connectivity index is 2.04. The molecule has 2 aliphatic heterocycles. The summed E-state index contributed by atoms with van der Waals surface area (Å²) in [5.41, 5.74) is 0.402. The van der Waals surface area contributed by atoms with Crippen molar-refractivity contribution in [2.24, 2.45) is 5.92 Å². The van der Waals surface area contributed by atoms with E-state index in [9.17, 15) is 22.8 Å². The molecule has 0 amide bonds. The molecule has 1 aromatic carbocycles. The van der Waals surface area contributed by atoms with Gasteiger partial charge in [0.1, 0.15) is 5.92 Å². The highest BCUT2D eigenvalue weighted by Gasteiger charge is 2.53. The van der Waals surface area contributed by atoms with E-state index < -0.39 is 40.0 Å². The van der Waals surface area contributed by atoms with Crippen LogP contribution in [0.15, 0.2) is 35.2 Å². The lowest BCUT2D eigenvalue weighted by Crippen LogP contribution is -2.54. The standard InChI is InChI=1S/C15H12F3NO3S/c16-15(17,18)13-9(7-4-2-1-3-5-7)10-12(23-13)11(20)8(6-19-10)14(21)22/h1-5,8,10,12,19H,6H2,(H,21,22). The van der Waals surface area contributed by atoms with E-state index in [1.807, 2.05) is 0 Å². The molecule has 1 aromatic rings. The summed E-state index contributed by atoms with van der Waals surface area (Å²) in [7, 11) is 0. The minimum absolute atomic E-state index is 0.0188. The zero-order valence-corrected chi connectivity index (χ0v) is 12.4. The Morgan fingerprint density at radius 1 is 1.26 bits per heavy atom. The fourth-order valence-corrected chi connectivity index (χ4v) is 4.29. The van der Waals surface area contributed by atoms with Gasteiger partial charge in [-0.2, -0.15) is 13.2 Å². The van der Waals surface area contributed by atoms with Crippen LogP contribution in [0.1, 0.15) is 5.56 Å². The van der Waals surface area contributed by atoms with Crippen molar-refractivity contribution >= 4 is 29.1 Å². The molecule has 3 rings (SSSR count). The summed E-state index contributed by atoms with van der Waals surface area (Å²) in [6.07, 6.45) is -4.59. The van der Waals surface area contributed by atoms with Gasteiger partial charge in [0.2, 0.25) is 0 Å². The van der Waals surface area contributed by atoms with E-state index in [1.165, 1.54) is 0 Å². The number of ketones is 1. The van der Waals surface area contributed by atoms with Crippen LogP contribution in [0, 0.1) is 5.92 Å². The number of Topliss-reactive ketones (excluding diaryl/α,β-unsaturated/α-hetero) is 1. The Morgan fingerprint density at radius 2 is 1.91 bits per heavy atom. The van der Waals surface area contributed by atoms with Crippen LogP contribution in [0.2, 0.25) is 0 Å². The summed E-state index contributed by atoms with van der Waals surface area (Å²) in [5.74, 6) is -3.30. The van der Waals surface area contributed by atoms with Crippen LogP contribution in [0.4, 0.5) is 13.2 Å². The van der Waals surface area contributed by atoms with Crippen LogP contribution >= 0.6 is 11.8 Å². The number of benzene rings is 1. The van der Waals surface area contributed by atoms with Crippen LogP contribution < -0.4 is 5.32 Å². The van der Waals surface area contributed by atoms with Crippen LogP contribution in [-0.4, -0.2) is 40.9 Å². The molecule has 1 saturated heterocycles. The third-order valence-electron chi connectivity index (χ3n) is 3.91. The molecule has 8 heteroatoms. The first-order valence-corrected chi connectivity index (χ1v) is 7.72. The number of nitrogens with one attached hydrogen (secondary N) is 1. The first kappa shape index (κ1) is 16.1. The van der Waals surface area contributed by atoms with E-state index >= 15 is 0 Å². The molecule has 2 N–H and O–H groups in total. The largest absolute Gasteiger partial charge is 0.481 e. The van der Waals surface area contributed by atoms with E-state index in [-0.39, 0.29) is 12.1 Å². The quantitative estimate of drug-likeness (QED) is 0.807. The number of piperidine rings is 1. The highest BCUT2D eigenvalue weighted by Crippen LogP contribution is 2.51. The van der Waals surface area contributed by atoms with Crippen molar-refractivity contribution in [3.63, 3.8) is 0 Å². The van der Waals surface area contributed by atoms with Gasteiger partial charge in [-0.25, -0.2) is 0 Å². The molecule has 4 nitrogen and oxygen atoms in total. The second kappa shape index (κ2) is 5.68. The van der Waals surface area contributed by atoms with Crippen LogP contribution in [0.3, 0.4) is 0 Å². The Kier molecular flexibility index (Phi) is 3.97. The van der Waals surface area contributed by atoms with Gasteiger partial charge in [-0.05, 0) is 11.1 Å². The molecule has 0 aliphatic carbocycles. The van der Waals surface area contributed by atoms with Gasteiger partial charge in [-0.1, -0.05) is 30.3 Å². The highest BCUT2D eigenvalue weighted by molar-refractivity contribution is 8.05. The molecule has 1 fully saturated rings. The molecule has 2 aliphatic rings. The molecule has 0 aromatic heterocycles. The Morgan fingerprint density at radius 3 is 2.48 bits per heavy atom. The summed E-state index contributed by atoms with van der Waals surface area (Å²) >= 11 is 0.413. The first-order valence-electron chi connectivity index (χ1n) is 6.84. The lowest BCUT2D eigenvalue weighted by molar-refractivity contribution is -0.146. The molecular weight excluding hydrogens is 331 g/mol. The maximum atomic E-state index is 13.4. The van der Waals surface area contributed by atoms with Gasteiger partial charge in [-0.3, -0.25) is 9.59 Å². The van der Waals surface area contributed by atoms with Gasteiger partial charge >= 0.3 is 12.1 Å². The fraction of sp³-hybridized carbons (Fsp3) is 0.333. The van der Waals surface area contributed by atoms with E-state index in [0.717, 1.165) is 0 Å². The second-order valence-corrected chi connectivity index (χ2v) is 6.48. The third kappa shape index (κ3) is 2.76. The van der Waals surface area contributed by atoms with E-state index in [0.29, 0.717) is 17.3 Å². The second-order valence-electron chi connectivity index (χ2n) is 5.32. The summed E-state index contributed by atoms with van der Waals surface area (Å²) in [6, 6.07) is 7.22. The van der Waals surface area contributed by atoms with Gasteiger partial charge in [0, 0.05) is 6.54 Å². The molecule has 2 heterocycles. The summed E-state index contributed by atoms with van der Waals surface area (Å²) < 4.78 is 40.2. The third-order valence-corrected chi connectivity index (χ3v) is 5.35. The number of halogens is 3. The molecule has 122 valence electrons. The topological polar surface area (TPSA) is 66.4 Å². The number of allylic oxidation sites excluding steroid dienone is 1. The monoisotopic (exact) mass is 343 g/mol. The number of hydrogen-bond donors (Lipinski definition) is 2. The predicted molar refractivity (Wildman–Crippen MR) is 78.7 cm³/mol. The van der Waals surface area contributed by atoms with Crippen LogP contribution in [0.25, 0.3) is 5.57 Å². The zero-order chi connectivity index (χ0) is 16.8. The number of fused-ring (bicyclic) bond motifs is 1. The number of thioether (sulfide) groups is 1. The van der Waals surface area contributed by atoms with Crippen molar-refractivity contribution < 1.29 is 27.9 Å². The van der Waals surface area contributed by atoms with E-state index in [4.69, 9.17) is 5.11 Å². The molecule has 0 radical (unpaired) electrons. The number of hydrogen-bond acceptors (Lipinski definition) is 4. The highest BCUT2D eigenvalue weighted by atomic mass is 32.2. The van der Waals surface area contributed by atoms with Gasteiger partial charge in [0.05, 0.1) is 16.2 Å². The molecule has 23 heavy (non-hydrogen) atoms. The Hall–Kier alpha value is -1.80. The van der Waals surface area contributed by atoms with Crippen LogP contribution in [0.5, 0.6) is 0 Å². The normalized spacial score (nSPS) is 28.0. The predicted octanol–water partition coefficient (Wildman–Crippen LogP) is 2.32. The van der Waals surface area contributed by atoms with Gasteiger partial charge < -0.3 is 10.4 Å². The maximum absolute atomic E-state index is 13.4. The number of carbonyl (C=O) groups excluding carboxylic acids is 1. The van der Waals surface area contributed by atoms with Crippen molar-refractivity contribution in [1.29, 1.82) is 0 Å². The molecular formula is C15H12F3NO3S. The zero-order valence-electron chi connectivity index (χ0n) is 11.6. The smallest absolute Gasteiger partial charge is 0.422 e. The lowest BCUT2D eigenvalue weighted by Gasteiger charge is -2.30. The molecule has 0 bridgehead atoms. The number of carboxylic acid groups (broad SMARTS) is 1. The Labute approximate surface area is 133 Å². The number of carboxylic acids is 1. The van der Waals surface area contributed by atoms with Gasteiger partial charge in [0.25, 0.3) is 0 Å². The molecule has 0 saturated carbocycles. The maximum Gasteiger partial charge on any atom is 0.422 e. The van der Waals surface area contributed by atoms with Crippen molar-refractivity contribution in [2.75, 3.05) is 6.54 Å². The number of alkyl halides is 3. The number of rotatable bonds is 2. The van der Waals surface area contributed by atoms with Crippen molar-refractivity contribution in [2.45, 2.75) is 17.5 Å². The van der Waals surface area contributed by atoms with E-state index in [1.54, 1.807) is 30.3 Å². The molecule has 3 atom stereocenters. The SMILES string of the molecule is O=C(O)C1CNC2C(c3ccccc3)=C(C(F)(F)F)SC2C1=O. The summed E-state index contributed by atoms with van der Waals surface area (Å²) in [4.78, 5) is 22.5. The van der Waals surface area contributed by atoms with Gasteiger partial charge in [0.15, 0.2) is 5.78 Å². The van der Waals surface area contributed by atoms with Crippen molar-refractivity contribution in [1.82, 2.24) is 5.32 Å².